The zero-order valence-electron chi connectivity index (χ0n) is 11.5. The Morgan fingerprint density at radius 1 is 1.21 bits per heavy atom. The van der Waals surface area contributed by atoms with E-state index in [1.165, 1.54) is 0 Å². The second kappa shape index (κ2) is 6.06. The number of nitrogens with one attached hydrogen (secondary N) is 1. The molecular formula is C15H21BrN2O. The van der Waals surface area contributed by atoms with E-state index in [9.17, 15) is 4.79 Å². The molecule has 0 saturated heterocycles. The highest BCUT2D eigenvalue weighted by Crippen LogP contribution is 2.27. The number of halogens is 1. The minimum absolute atomic E-state index is 0.115. The number of rotatable bonds is 2. The Bertz CT molecular complexity index is 456. The Hall–Kier alpha value is -0.870. The molecule has 0 radical (unpaired) electrons. The zero-order valence-corrected chi connectivity index (χ0v) is 13.1. The minimum Gasteiger partial charge on any atom is -0.328 e. The quantitative estimate of drug-likeness (QED) is 0.874. The van der Waals surface area contributed by atoms with E-state index in [1.807, 2.05) is 26.0 Å². The molecule has 1 amide bonds. The van der Waals surface area contributed by atoms with Crippen LogP contribution in [0.3, 0.4) is 0 Å². The van der Waals surface area contributed by atoms with Gasteiger partial charge in [0.25, 0.3) is 0 Å². The van der Waals surface area contributed by atoms with Gasteiger partial charge in [-0.1, -0.05) is 15.9 Å². The Balaban J connectivity index is 2.03. The number of benzene rings is 1. The van der Waals surface area contributed by atoms with Crippen molar-refractivity contribution in [3.05, 3.63) is 27.7 Å². The van der Waals surface area contributed by atoms with Gasteiger partial charge in [-0.25, -0.2) is 0 Å². The number of amides is 1. The van der Waals surface area contributed by atoms with Gasteiger partial charge in [0.1, 0.15) is 0 Å². The molecule has 0 bridgehead atoms. The lowest BCUT2D eigenvalue weighted by Crippen LogP contribution is -2.32. The molecular weight excluding hydrogens is 304 g/mol. The summed E-state index contributed by atoms with van der Waals surface area (Å²) in [5, 5.41) is 3.03. The van der Waals surface area contributed by atoms with Gasteiger partial charge in [-0.2, -0.15) is 0 Å². The summed E-state index contributed by atoms with van der Waals surface area (Å²) in [6, 6.07) is 4.29. The number of anilines is 1. The summed E-state index contributed by atoms with van der Waals surface area (Å²) >= 11 is 3.54. The van der Waals surface area contributed by atoms with Gasteiger partial charge in [-0.05, 0) is 62.8 Å². The minimum atomic E-state index is 0.115. The van der Waals surface area contributed by atoms with Crippen LogP contribution in [0.5, 0.6) is 0 Å². The van der Waals surface area contributed by atoms with Crippen molar-refractivity contribution in [2.75, 3.05) is 5.32 Å². The van der Waals surface area contributed by atoms with E-state index >= 15 is 0 Å². The topological polar surface area (TPSA) is 55.1 Å². The Labute approximate surface area is 123 Å². The SMILES string of the molecule is Cc1cc(NC(=O)C2CCC(N)CC2)cc(C)c1Br. The van der Waals surface area contributed by atoms with Crippen molar-refractivity contribution >= 4 is 27.5 Å². The summed E-state index contributed by atoms with van der Waals surface area (Å²) in [5.74, 6) is 0.247. The molecule has 1 aromatic rings. The highest BCUT2D eigenvalue weighted by Gasteiger charge is 2.24. The average molecular weight is 325 g/mol. The Morgan fingerprint density at radius 3 is 2.26 bits per heavy atom. The number of hydrogen-bond acceptors (Lipinski definition) is 2. The second-order valence-electron chi connectivity index (χ2n) is 5.52. The lowest BCUT2D eigenvalue weighted by molar-refractivity contribution is -0.120. The van der Waals surface area contributed by atoms with Crippen molar-refractivity contribution in [3.8, 4) is 0 Å². The van der Waals surface area contributed by atoms with E-state index in [1.54, 1.807) is 0 Å². The number of carbonyl (C=O) groups excluding carboxylic acids is 1. The van der Waals surface area contributed by atoms with Crippen molar-refractivity contribution in [2.45, 2.75) is 45.6 Å². The Kier molecular flexibility index (Phi) is 4.63. The molecule has 1 aliphatic carbocycles. The van der Waals surface area contributed by atoms with Crippen molar-refractivity contribution in [2.24, 2.45) is 11.7 Å². The van der Waals surface area contributed by atoms with E-state index in [4.69, 9.17) is 5.73 Å². The molecule has 0 spiro atoms. The van der Waals surface area contributed by atoms with Crippen molar-refractivity contribution in [1.82, 2.24) is 0 Å². The van der Waals surface area contributed by atoms with Gasteiger partial charge in [0, 0.05) is 22.1 Å². The first-order chi connectivity index (χ1) is 8.97. The molecule has 1 aliphatic rings. The normalized spacial score (nSPS) is 23.2. The fraction of sp³-hybridized carbons (Fsp3) is 0.533. The smallest absolute Gasteiger partial charge is 0.227 e. The molecule has 0 aromatic heterocycles. The van der Waals surface area contributed by atoms with Gasteiger partial charge >= 0.3 is 0 Å². The van der Waals surface area contributed by atoms with Gasteiger partial charge in [-0.3, -0.25) is 4.79 Å². The average Bonchev–Trinajstić information content (AvgIpc) is 2.36. The summed E-state index contributed by atoms with van der Waals surface area (Å²) < 4.78 is 1.11. The molecule has 0 aliphatic heterocycles. The van der Waals surface area contributed by atoms with Crippen LogP contribution in [-0.2, 0) is 4.79 Å². The lowest BCUT2D eigenvalue weighted by atomic mass is 9.86. The third-order valence-electron chi connectivity index (χ3n) is 3.85. The molecule has 0 unspecified atom stereocenters. The fourth-order valence-electron chi connectivity index (χ4n) is 2.64. The fourth-order valence-corrected chi connectivity index (χ4v) is 2.87. The third kappa shape index (κ3) is 3.57. The summed E-state index contributed by atoms with van der Waals surface area (Å²) in [5.41, 5.74) is 9.04. The predicted octanol–water partition coefficient (Wildman–Crippen LogP) is 3.52. The molecule has 2 rings (SSSR count). The summed E-state index contributed by atoms with van der Waals surface area (Å²) in [6.07, 6.45) is 3.72. The van der Waals surface area contributed by atoms with Crippen LogP contribution in [0.2, 0.25) is 0 Å². The van der Waals surface area contributed by atoms with Crippen LogP contribution in [0.15, 0.2) is 16.6 Å². The van der Waals surface area contributed by atoms with Crippen molar-refractivity contribution < 1.29 is 4.79 Å². The van der Waals surface area contributed by atoms with E-state index in [0.717, 1.165) is 47.0 Å². The first kappa shape index (κ1) is 14.5. The molecule has 1 fully saturated rings. The first-order valence-electron chi connectivity index (χ1n) is 6.80. The summed E-state index contributed by atoms with van der Waals surface area (Å²) in [6.45, 7) is 4.07. The molecule has 19 heavy (non-hydrogen) atoms. The van der Waals surface area contributed by atoms with E-state index < -0.39 is 0 Å². The van der Waals surface area contributed by atoms with Gasteiger partial charge in [0.2, 0.25) is 5.91 Å². The van der Waals surface area contributed by atoms with Gasteiger partial charge in [-0.15, -0.1) is 0 Å². The van der Waals surface area contributed by atoms with Gasteiger partial charge in [0.05, 0.1) is 0 Å². The standard InChI is InChI=1S/C15H21BrN2O/c1-9-7-13(8-10(2)14(9)16)18-15(19)11-3-5-12(17)6-4-11/h7-8,11-12H,3-6,17H2,1-2H3,(H,18,19). The number of nitrogens with two attached hydrogens (primary N) is 1. The van der Waals surface area contributed by atoms with Crippen LogP contribution in [0.4, 0.5) is 5.69 Å². The van der Waals surface area contributed by atoms with Crippen LogP contribution < -0.4 is 11.1 Å². The van der Waals surface area contributed by atoms with Crippen LogP contribution in [-0.4, -0.2) is 11.9 Å². The van der Waals surface area contributed by atoms with Gasteiger partial charge in [0.15, 0.2) is 0 Å². The maximum Gasteiger partial charge on any atom is 0.227 e. The van der Waals surface area contributed by atoms with Crippen LogP contribution in [0.25, 0.3) is 0 Å². The summed E-state index contributed by atoms with van der Waals surface area (Å²) in [4.78, 5) is 12.2. The molecule has 3 N–H and O–H groups in total. The van der Waals surface area contributed by atoms with Crippen molar-refractivity contribution in [1.29, 1.82) is 0 Å². The maximum atomic E-state index is 12.2. The molecule has 3 nitrogen and oxygen atoms in total. The predicted molar refractivity (Wildman–Crippen MR) is 82.2 cm³/mol. The molecule has 1 aromatic carbocycles. The van der Waals surface area contributed by atoms with Crippen LogP contribution in [0.1, 0.15) is 36.8 Å². The van der Waals surface area contributed by atoms with Crippen LogP contribution in [0, 0.1) is 19.8 Å². The molecule has 1 saturated carbocycles. The zero-order chi connectivity index (χ0) is 14.0. The maximum absolute atomic E-state index is 12.2. The molecule has 0 heterocycles. The monoisotopic (exact) mass is 324 g/mol. The third-order valence-corrected chi connectivity index (χ3v) is 5.10. The number of carbonyl (C=O) groups is 1. The second-order valence-corrected chi connectivity index (χ2v) is 6.32. The van der Waals surface area contributed by atoms with E-state index in [2.05, 4.69) is 21.2 Å². The lowest BCUT2D eigenvalue weighted by Gasteiger charge is -2.25. The van der Waals surface area contributed by atoms with E-state index in [0.29, 0.717) is 0 Å². The first-order valence-corrected chi connectivity index (χ1v) is 7.60. The highest BCUT2D eigenvalue weighted by molar-refractivity contribution is 9.10. The number of aryl methyl sites for hydroxylation is 2. The molecule has 104 valence electrons. The number of hydrogen-bond donors (Lipinski definition) is 2. The van der Waals surface area contributed by atoms with Crippen LogP contribution >= 0.6 is 15.9 Å². The largest absolute Gasteiger partial charge is 0.328 e. The molecule has 0 atom stereocenters. The summed E-state index contributed by atoms with van der Waals surface area (Å²) in [7, 11) is 0. The van der Waals surface area contributed by atoms with E-state index in [-0.39, 0.29) is 17.9 Å². The Morgan fingerprint density at radius 2 is 1.74 bits per heavy atom. The highest BCUT2D eigenvalue weighted by atomic mass is 79.9. The molecule has 4 heteroatoms. The van der Waals surface area contributed by atoms with Gasteiger partial charge < -0.3 is 11.1 Å². The van der Waals surface area contributed by atoms with Crippen molar-refractivity contribution in [3.63, 3.8) is 0 Å².